The van der Waals surface area contributed by atoms with Crippen LogP contribution in [0, 0.1) is 0 Å². The lowest BCUT2D eigenvalue weighted by atomic mass is 10.2. The second-order valence-corrected chi connectivity index (χ2v) is 3.84. The molecular formula is C12H13N3O3. The number of aromatic nitrogens is 2. The smallest absolute Gasteiger partial charge is 0.339 e. The van der Waals surface area contributed by atoms with E-state index in [0.29, 0.717) is 12.2 Å². The van der Waals surface area contributed by atoms with Crippen LogP contribution in [0.25, 0.3) is 0 Å². The van der Waals surface area contributed by atoms with Crippen LogP contribution in [0.15, 0.2) is 30.5 Å². The highest BCUT2D eigenvalue weighted by Crippen LogP contribution is 2.22. The van der Waals surface area contributed by atoms with Crippen LogP contribution >= 0.6 is 0 Å². The number of carbonyl (C=O) groups is 1. The fourth-order valence-corrected chi connectivity index (χ4v) is 1.59. The summed E-state index contributed by atoms with van der Waals surface area (Å²) in [6, 6.07) is 6.24. The van der Waals surface area contributed by atoms with Crippen molar-refractivity contribution in [1.82, 2.24) is 9.78 Å². The van der Waals surface area contributed by atoms with E-state index < -0.39 is 5.97 Å². The SMILES string of the molecule is Cn1nccc1CNc1ccc(C(=O)O)c(O)c1. The minimum atomic E-state index is -1.15. The minimum Gasteiger partial charge on any atom is -0.507 e. The van der Waals surface area contributed by atoms with Crippen molar-refractivity contribution in [2.24, 2.45) is 7.05 Å². The third-order valence-electron chi connectivity index (χ3n) is 2.62. The molecule has 3 N–H and O–H groups in total. The third-order valence-corrected chi connectivity index (χ3v) is 2.62. The van der Waals surface area contributed by atoms with E-state index in [9.17, 15) is 9.90 Å². The van der Waals surface area contributed by atoms with Gasteiger partial charge in [0, 0.05) is 25.0 Å². The highest BCUT2D eigenvalue weighted by Gasteiger charge is 2.09. The van der Waals surface area contributed by atoms with Gasteiger partial charge >= 0.3 is 5.97 Å². The average molecular weight is 247 g/mol. The number of benzene rings is 1. The predicted octanol–water partition coefficient (Wildman–Crippen LogP) is 1.44. The van der Waals surface area contributed by atoms with Crippen LogP contribution in [0.4, 0.5) is 5.69 Å². The van der Waals surface area contributed by atoms with Crippen LogP contribution in [-0.2, 0) is 13.6 Å². The van der Waals surface area contributed by atoms with E-state index in [1.54, 1.807) is 16.9 Å². The van der Waals surface area contributed by atoms with Crippen LogP contribution in [0.5, 0.6) is 5.75 Å². The number of carboxylic acids is 1. The van der Waals surface area contributed by atoms with Gasteiger partial charge in [0.25, 0.3) is 0 Å². The van der Waals surface area contributed by atoms with Gasteiger partial charge in [-0.2, -0.15) is 5.10 Å². The lowest BCUT2D eigenvalue weighted by molar-refractivity contribution is 0.0694. The first-order chi connectivity index (χ1) is 8.58. The van der Waals surface area contributed by atoms with Crippen molar-refractivity contribution in [3.05, 3.63) is 41.7 Å². The van der Waals surface area contributed by atoms with Gasteiger partial charge in [0.1, 0.15) is 11.3 Å². The molecule has 0 fully saturated rings. The van der Waals surface area contributed by atoms with Crippen molar-refractivity contribution in [2.45, 2.75) is 6.54 Å². The number of rotatable bonds is 4. The molecule has 0 amide bonds. The molecule has 1 aromatic carbocycles. The maximum atomic E-state index is 10.7. The molecule has 0 saturated heterocycles. The van der Waals surface area contributed by atoms with Gasteiger partial charge < -0.3 is 15.5 Å². The van der Waals surface area contributed by atoms with Crippen LogP contribution < -0.4 is 5.32 Å². The fraction of sp³-hybridized carbons (Fsp3) is 0.167. The molecule has 0 radical (unpaired) electrons. The number of aromatic hydroxyl groups is 1. The van der Waals surface area contributed by atoms with Crippen molar-refractivity contribution < 1.29 is 15.0 Å². The van der Waals surface area contributed by atoms with Gasteiger partial charge in [-0.05, 0) is 18.2 Å². The van der Waals surface area contributed by atoms with Crippen molar-refractivity contribution in [2.75, 3.05) is 5.32 Å². The normalized spacial score (nSPS) is 10.3. The number of phenols is 1. The lowest BCUT2D eigenvalue weighted by Gasteiger charge is -2.08. The maximum Gasteiger partial charge on any atom is 0.339 e. The number of aromatic carboxylic acids is 1. The summed E-state index contributed by atoms with van der Waals surface area (Å²) < 4.78 is 1.73. The Morgan fingerprint density at radius 1 is 1.44 bits per heavy atom. The molecule has 6 heteroatoms. The largest absolute Gasteiger partial charge is 0.507 e. The highest BCUT2D eigenvalue weighted by atomic mass is 16.4. The number of nitrogens with one attached hydrogen (secondary N) is 1. The van der Waals surface area contributed by atoms with Crippen molar-refractivity contribution in [3.8, 4) is 5.75 Å². The highest BCUT2D eigenvalue weighted by molar-refractivity contribution is 5.91. The predicted molar refractivity (Wildman–Crippen MR) is 65.6 cm³/mol. The molecule has 0 saturated carbocycles. The standard InChI is InChI=1S/C12H13N3O3/c1-15-9(4-5-14-15)7-13-8-2-3-10(12(17)18)11(16)6-8/h2-6,13,16H,7H2,1H3,(H,17,18). The van der Waals surface area contributed by atoms with Crippen LogP contribution in [-0.4, -0.2) is 26.0 Å². The number of nitrogens with zero attached hydrogens (tertiary/aromatic N) is 2. The monoisotopic (exact) mass is 247 g/mol. The van der Waals surface area contributed by atoms with Crippen LogP contribution in [0.2, 0.25) is 0 Å². The zero-order chi connectivity index (χ0) is 13.1. The summed E-state index contributed by atoms with van der Waals surface area (Å²) in [5.74, 6) is -1.40. The van der Waals surface area contributed by atoms with E-state index in [1.165, 1.54) is 12.1 Å². The molecule has 94 valence electrons. The summed E-state index contributed by atoms with van der Waals surface area (Å²) >= 11 is 0. The summed E-state index contributed by atoms with van der Waals surface area (Å²) in [5, 5.41) is 25.4. The van der Waals surface area contributed by atoms with Gasteiger partial charge in [-0.25, -0.2) is 4.79 Å². The topological polar surface area (TPSA) is 87.4 Å². The Morgan fingerprint density at radius 2 is 2.22 bits per heavy atom. The molecule has 1 aromatic heterocycles. The number of anilines is 1. The molecule has 0 aliphatic heterocycles. The molecule has 2 aromatic rings. The lowest BCUT2D eigenvalue weighted by Crippen LogP contribution is -2.05. The summed E-state index contributed by atoms with van der Waals surface area (Å²) in [4.78, 5) is 10.7. The average Bonchev–Trinajstić information content (AvgIpc) is 2.72. The Balaban J connectivity index is 2.09. The Bertz CT molecular complexity index is 578. The summed E-state index contributed by atoms with van der Waals surface area (Å²) in [7, 11) is 1.84. The molecule has 0 unspecified atom stereocenters. The first-order valence-electron chi connectivity index (χ1n) is 5.35. The first-order valence-corrected chi connectivity index (χ1v) is 5.35. The van der Waals surface area contributed by atoms with Crippen molar-refractivity contribution in [3.63, 3.8) is 0 Å². The summed E-state index contributed by atoms with van der Waals surface area (Å²) in [5.41, 5.74) is 1.52. The molecule has 0 bridgehead atoms. The zero-order valence-corrected chi connectivity index (χ0v) is 9.79. The van der Waals surface area contributed by atoms with E-state index in [2.05, 4.69) is 10.4 Å². The van der Waals surface area contributed by atoms with Gasteiger partial charge in [-0.15, -0.1) is 0 Å². The Kier molecular flexibility index (Phi) is 3.18. The molecule has 1 heterocycles. The summed E-state index contributed by atoms with van der Waals surface area (Å²) in [6.07, 6.45) is 1.70. The summed E-state index contributed by atoms with van der Waals surface area (Å²) in [6.45, 7) is 0.544. The molecule has 0 aliphatic carbocycles. The van der Waals surface area contributed by atoms with Crippen molar-refractivity contribution >= 4 is 11.7 Å². The van der Waals surface area contributed by atoms with Gasteiger partial charge in [0.2, 0.25) is 0 Å². The van der Waals surface area contributed by atoms with Gasteiger partial charge in [-0.3, -0.25) is 4.68 Å². The Hall–Kier alpha value is -2.50. The quantitative estimate of drug-likeness (QED) is 0.760. The molecule has 0 spiro atoms. The van der Waals surface area contributed by atoms with Gasteiger partial charge in [0.05, 0.1) is 12.2 Å². The fourth-order valence-electron chi connectivity index (χ4n) is 1.59. The number of hydrogen-bond acceptors (Lipinski definition) is 4. The maximum absolute atomic E-state index is 10.7. The molecule has 0 aliphatic rings. The van der Waals surface area contributed by atoms with E-state index in [0.717, 1.165) is 5.69 Å². The van der Waals surface area contributed by atoms with Crippen LogP contribution in [0.3, 0.4) is 0 Å². The molecule has 2 rings (SSSR count). The zero-order valence-electron chi connectivity index (χ0n) is 9.79. The third kappa shape index (κ3) is 2.42. The second kappa shape index (κ2) is 4.79. The molecular weight excluding hydrogens is 234 g/mol. The van der Waals surface area contributed by atoms with E-state index >= 15 is 0 Å². The number of hydrogen-bond donors (Lipinski definition) is 3. The Labute approximate surface area is 103 Å². The molecule has 18 heavy (non-hydrogen) atoms. The van der Waals surface area contributed by atoms with E-state index in [-0.39, 0.29) is 11.3 Å². The van der Waals surface area contributed by atoms with E-state index in [4.69, 9.17) is 5.11 Å². The molecule has 6 nitrogen and oxygen atoms in total. The van der Waals surface area contributed by atoms with E-state index in [1.807, 2.05) is 13.1 Å². The first kappa shape index (κ1) is 12.0. The minimum absolute atomic E-state index is 0.110. The second-order valence-electron chi connectivity index (χ2n) is 3.84. The van der Waals surface area contributed by atoms with Crippen LogP contribution in [0.1, 0.15) is 16.1 Å². The number of carboxylic acid groups (broad SMARTS) is 1. The molecule has 0 atom stereocenters. The van der Waals surface area contributed by atoms with Gasteiger partial charge in [0.15, 0.2) is 0 Å². The van der Waals surface area contributed by atoms with Crippen molar-refractivity contribution in [1.29, 1.82) is 0 Å². The Morgan fingerprint density at radius 3 is 2.78 bits per heavy atom. The number of aryl methyl sites for hydroxylation is 1. The van der Waals surface area contributed by atoms with Gasteiger partial charge in [-0.1, -0.05) is 0 Å².